The van der Waals surface area contributed by atoms with E-state index in [0.29, 0.717) is 6.07 Å². The van der Waals surface area contributed by atoms with Crippen LogP contribution in [0.15, 0.2) is 53.3 Å². The Morgan fingerprint density at radius 3 is 2.52 bits per heavy atom. The van der Waals surface area contributed by atoms with E-state index < -0.39 is 41.6 Å². The molecule has 33 heavy (non-hydrogen) atoms. The van der Waals surface area contributed by atoms with Crippen LogP contribution in [0.5, 0.6) is 5.75 Å². The van der Waals surface area contributed by atoms with Gasteiger partial charge in [0.1, 0.15) is 11.4 Å². The minimum Gasteiger partial charge on any atom is -0.496 e. The Balaban J connectivity index is 1.98. The molecular weight excluding hydrogens is 467 g/mol. The molecule has 1 aromatic heterocycles. The first kappa shape index (κ1) is 23.9. The summed E-state index contributed by atoms with van der Waals surface area (Å²) >= 11 is 6.07. The normalized spacial score (nSPS) is 12.3. The van der Waals surface area contributed by atoms with Gasteiger partial charge in [0.25, 0.3) is 11.5 Å². The van der Waals surface area contributed by atoms with Crippen LogP contribution in [0.4, 0.5) is 13.2 Å². The highest BCUT2D eigenvalue weighted by Gasteiger charge is 2.33. The molecule has 0 bridgehead atoms. The molecule has 0 aliphatic rings. The number of aliphatic carboxylic acids is 1. The molecule has 174 valence electrons. The van der Waals surface area contributed by atoms with Crippen molar-refractivity contribution in [3.8, 4) is 11.4 Å². The van der Waals surface area contributed by atoms with Gasteiger partial charge in [-0.25, -0.2) is 4.68 Å². The van der Waals surface area contributed by atoms with Crippen LogP contribution < -0.4 is 15.6 Å². The maximum absolute atomic E-state index is 13.2. The number of carboxylic acid groups (broad SMARTS) is 1. The third-order valence-corrected chi connectivity index (χ3v) is 4.99. The van der Waals surface area contributed by atoms with Crippen LogP contribution in [0.1, 0.15) is 34.1 Å². The highest BCUT2D eigenvalue weighted by atomic mass is 35.5. The van der Waals surface area contributed by atoms with Crippen molar-refractivity contribution in [2.24, 2.45) is 0 Å². The number of H-pyrrole nitrogens is 1. The standard InChI is InChI=1S/C21H17ClF3N3O5/c1-33-17-7-6-11(21(23,24)25)8-12(17)14(10-19(30)31)26-20(32)15-9-18(29)28(27-15)16-5-3-2-4-13(16)22/h2-9,14,27H,10H2,1H3,(H,26,32)(H,30,31). The van der Waals surface area contributed by atoms with Gasteiger partial charge in [0.15, 0.2) is 0 Å². The third-order valence-electron chi connectivity index (χ3n) is 4.67. The second-order valence-corrected chi connectivity index (χ2v) is 7.28. The number of carbonyl (C=O) groups excluding carboxylic acids is 1. The van der Waals surface area contributed by atoms with Crippen molar-refractivity contribution in [3.05, 3.63) is 80.7 Å². The van der Waals surface area contributed by atoms with Crippen molar-refractivity contribution in [3.63, 3.8) is 0 Å². The van der Waals surface area contributed by atoms with E-state index in [4.69, 9.17) is 16.3 Å². The Hall–Kier alpha value is -3.73. The van der Waals surface area contributed by atoms with Crippen LogP contribution in [0, 0.1) is 0 Å². The van der Waals surface area contributed by atoms with Gasteiger partial charge in [-0.3, -0.25) is 19.5 Å². The fourth-order valence-electron chi connectivity index (χ4n) is 3.16. The van der Waals surface area contributed by atoms with Gasteiger partial charge < -0.3 is 15.2 Å². The fraction of sp³-hybridized carbons (Fsp3) is 0.190. The van der Waals surface area contributed by atoms with Crippen molar-refractivity contribution in [1.82, 2.24) is 15.1 Å². The van der Waals surface area contributed by atoms with E-state index in [1.807, 2.05) is 0 Å². The number of halogens is 4. The predicted octanol–water partition coefficient (Wildman–Crippen LogP) is 3.79. The van der Waals surface area contributed by atoms with E-state index in [1.54, 1.807) is 12.1 Å². The largest absolute Gasteiger partial charge is 0.496 e. The quantitative estimate of drug-likeness (QED) is 0.473. The molecule has 1 amide bonds. The van der Waals surface area contributed by atoms with E-state index in [9.17, 15) is 32.7 Å². The van der Waals surface area contributed by atoms with Gasteiger partial charge in [-0.1, -0.05) is 23.7 Å². The summed E-state index contributed by atoms with van der Waals surface area (Å²) in [5.74, 6) is -2.33. The molecule has 0 aliphatic heterocycles. The first-order chi connectivity index (χ1) is 15.5. The third kappa shape index (κ3) is 5.37. The van der Waals surface area contributed by atoms with E-state index >= 15 is 0 Å². The van der Waals surface area contributed by atoms with Crippen LogP contribution in [0.25, 0.3) is 5.69 Å². The molecular formula is C21H17ClF3N3O5. The summed E-state index contributed by atoms with van der Waals surface area (Å²) in [5, 5.41) is 14.4. The van der Waals surface area contributed by atoms with Gasteiger partial charge in [0, 0.05) is 11.6 Å². The number of carbonyl (C=O) groups is 2. The number of carboxylic acids is 1. The Morgan fingerprint density at radius 2 is 1.91 bits per heavy atom. The average Bonchev–Trinajstić information content (AvgIpc) is 3.13. The Bertz CT molecular complexity index is 1250. The van der Waals surface area contributed by atoms with Gasteiger partial charge in [-0.2, -0.15) is 13.2 Å². The molecule has 3 aromatic rings. The number of para-hydroxylation sites is 1. The number of nitrogens with zero attached hydrogens (tertiary/aromatic N) is 1. The summed E-state index contributed by atoms with van der Waals surface area (Å²) in [6, 6.07) is 8.43. The second kappa shape index (κ2) is 9.41. The van der Waals surface area contributed by atoms with Crippen molar-refractivity contribution in [2.45, 2.75) is 18.6 Å². The van der Waals surface area contributed by atoms with Crippen LogP contribution in [0.2, 0.25) is 5.02 Å². The average molecular weight is 484 g/mol. The minimum absolute atomic E-state index is 0.0447. The lowest BCUT2D eigenvalue weighted by molar-refractivity contribution is -0.138. The van der Waals surface area contributed by atoms with Crippen molar-refractivity contribution in [1.29, 1.82) is 0 Å². The first-order valence-corrected chi connectivity index (χ1v) is 9.73. The van der Waals surface area contributed by atoms with Gasteiger partial charge in [-0.05, 0) is 30.3 Å². The van der Waals surface area contributed by atoms with E-state index in [2.05, 4.69) is 10.4 Å². The van der Waals surface area contributed by atoms with Gasteiger partial charge in [-0.15, -0.1) is 0 Å². The predicted molar refractivity (Wildman–Crippen MR) is 112 cm³/mol. The summed E-state index contributed by atoms with van der Waals surface area (Å²) in [6.07, 6.45) is -5.44. The van der Waals surface area contributed by atoms with Crippen LogP contribution in [0.3, 0.4) is 0 Å². The second-order valence-electron chi connectivity index (χ2n) is 6.87. The summed E-state index contributed by atoms with van der Waals surface area (Å²) in [5.41, 5.74) is -1.83. The molecule has 8 nitrogen and oxygen atoms in total. The Labute approximate surface area is 189 Å². The summed E-state index contributed by atoms with van der Waals surface area (Å²) in [4.78, 5) is 36.5. The van der Waals surface area contributed by atoms with Crippen LogP contribution in [-0.2, 0) is 11.0 Å². The SMILES string of the molecule is COc1ccc(C(F)(F)F)cc1C(CC(=O)O)NC(=O)c1cc(=O)n(-c2ccccc2Cl)[nH]1. The zero-order chi connectivity index (χ0) is 24.3. The number of rotatable bonds is 7. The minimum atomic E-state index is -4.70. The smallest absolute Gasteiger partial charge is 0.416 e. The molecule has 1 heterocycles. The summed E-state index contributed by atoms with van der Waals surface area (Å²) in [7, 11) is 1.20. The zero-order valence-electron chi connectivity index (χ0n) is 16.9. The lowest BCUT2D eigenvalue weighted by Gasteiger charge is -2.21. The van der Waals surface area contributed by atoms with E-state index in [0.717, 1.165) is 22.9 Å². The van der Waals surface area contributed by atoms with Crippen LogP contribution >= 0.6 is 11.6 Å². The molecule has 0 radical (unpaired) electrons. The number of hydrogen-bond donors (Lipinski definition) is 3. The molecule has 2 aromatic carbocycles. The summed E-state index contributed by atoms with van der Waals surface area (Å²) < 4.78 is 45.7. The molecule has 0 fully saturated rings. The van der Waals surface area contributed by atoms with E-state index in [1.165, 1.54) is 19.2 Å². The molecule has 0 spiro atoms. The number of ether oxygens (including phenoxy) is 1. The van der Waals surface area contributed by atoms with Crippen molar-refractivity contribution >= 4 is 23.5 Å². The fourth-order valence-corrected chi connectivity index (χ4v) is 3.38. The lowest BCUT2D eigenvalue weighted by atomic mass is 9.99. The van der Waals surface area contributed by atoms with E-state index in [-0.39, 0.29) is 27.7 Å². The molecule has 1 atom stereocenters. The molecule has 0 saturated carbocycles. The number of alkyl halides is 3. The zero-order valence-corrected chi connectivity index (χ0v) is 17.7. The first-order valence-electron chi connectivity index (χ1n) is 9.36. The van der Waals surface area contributed by atoms with Gasteiger partial charge in [0.05, 0.1) is 35.8 Å². The number of nitrogens with one attached hydrogen (secondary N) is 2. The number of amides is 1. The van der Waals surface area contributed by atoms with Crippen molar-refractivity contribution in [2.75, 3.05) is 7.11 Å². The Kier molecular flexibility index (Phi) is 6.82. The van der Waals surface area contributed by atoms with Gasteiger partial charge >= 0.3 is 12.1 Å². The maximum Gasteiger partial charge on any atom is 0.416 e. The topological polar surface area (TPSA) is 113 Å². The Morgan fingerprint density at radius 1 is 1.21 bits per heavy atom. The highest BCUT2D eigenvalue weighted by Crippen LogP contribution is 2.35. The molecule has 0 aliphatic carbocycles. The van der Waals surface area contributed by atoms with Crippen molar-refractivity contribution < 1.29 is 32.6 Å². The molecule has 12 heteroatoms. The number of aromatic nitrogens is 2. The van der Waals surface area contributed by atoms with Crippen LogP contribution in [-0.4, -0.2) is 33.9 Å². The molecule has 1 unspecified atom stereocenters. The lowest BCUT2D eigenvalue weighted by Crippen LogP contribution is -2.31. The number of methoxy groups -OCH3 is 1. The molecule has 0 saturated heterocycles. The number of benzene rings is 2. The monoisotopic (exact) mass is 483 g/mol. The molecule has 3 rings (SSSR count). The van der Waals surface area contributed by atoms with Gasteiger partial charge in [0.2, 0.25) is 0 Å². The number of aromatic amines is 1. The summed E-state index contributed by atoms with van der Waals surface area (Å²) in [6.45, 7) is 0. The maximum atomic E-state index is 13.2. The number of hydrogen-bond acceptors (Lipinski definition) is 4. The molecule has 3 N–H and O–H groups in total. The highest BCUT2D eigenvalue weighted by molar-refractivity contribution is 6.32.